The molecule has 0 heterocycles. The Labute approximate surface area is 123 Å². The van der Waals surface area contributed by atoms with Crippen molar-refractivity contribution in [3.63, 3.8) is 0 Å². The first kappa shape index (κ1) is 15.2. The normalized spacial score (nSPS) is 15.6. The molecule has 0 aromatic heterocycles. The summed E-state index contributed by atoms with van der Waals surface area (Å²) < 4.78 is 0. The predicted octanol–water partition coefficient (Wildman–Crippen LogP) is 2.12. The van der Waals surface area contributed by atoms with Crippen molar-refractivity contribution in [3.05, 3.63) is 33.9 Å². The minimum atomic E-state index is -0.455. The van der Waals surface area contributed by atoms with Crippen LogP contribution in [0.5, 0.6) is 0 Å². The molecule has 1 fully saturated rings. The Morgan fingerprint density at radius 1 is 1.43 bits per heavy atom. The number of nitrogens with one attached hydrogen (secondary N) is 2. The van der Waals surface area contributed by atoms with Gasteiger partial charge in [-0.2, -0.15) is 0 Å². The number of nitrogens with zero attached hydrogens (tertiary/aromatic N) is 2. The molecular formula is C14H20N4O3. The monoisotopic (exact) mass is 292 g/mol. The summed E-state index contributed by atoms with van der Waals surface area (Å²) in [5.41, 5.74) is 0.970. The van der Waals surface area contributed by atoms with Gasteiger partial charge >= 0.3 is 6.03 Å². The van der Waals surface area contributed by atoms with Gasteiger partial charge in [0.1, 0.15) is 0 Å². The molecule has 114 valence electrons. The highest BCUT2D eigenvalue weighted by Crippen LogP contribution is 2.39. The summed E-state index contributed by atoms with van der Waals surface area (Å²) in [5.74, 6) is 0. The summed E-state index contributed by atoms with van der Waals surface area (Å²) >= 11 is 0. The highest BCUT2D eigenvalue weighted by Gasteiger charge is 2.44. The third-order valence-electron chi connectivity index (χ3n) is 4.10. The average Bonchev–Trinajstić information content (AvgIpc) is 3.20. The largest absolute Gasteiger partial charge is 0.336 e. The highest BCUT2D eigenvalue weighted by atomic mass is 16.6. The van der Waals surface area contributed by atoms with E-state index in [9.17, 15) is 14.9 Å². The van der Waals surface area contributed by atoms with Crippen molar-refractivity contribution in [1.82, 2.24) is 10.2 Å². The summed E-state index contributed by atoms with van der Waals surface area (Å²) in [6, 6.07) is 4.29. The molecule has 1 aromatic carbocycles. The molecule has 0 unspecified atom stereocenters. The Kier molecular flexibility index (Phi) is 4.13. The molecule has 21 heavy (non-hydrogen) atoms. The second-order valence-electron chi connectivity index (χ2n) is 5.63. The van der Waals surface area contributed by atoms with Gasteiger partial charge in [-0.3, -0.25) is 10.1 Å². The molecule has 2 N–H and O–H groups in total. The fourth-order valence-corrected chi connectivity index (χ4v) is 2.29. The van der Waals surface area contributed by atoms with Crippen LogP contribution in [-0.4, -0.2) is 42.0 Å². The molecular weight excluding hydrogens is 272 g/mol. The van der Waals surface area contributed by atoms with Crippen molar-refractivity contribution in [2.45, 2.75) is 25.3 Å². The van der Waals surface area contributed by atoms with Crippen LogP contribution in [0, 0.1) is 17.0 Å². The number of amides is 2. The zero-order valence-corrected chi connectivity index (χ0v) is 12.5. The fraction of sp³-hybridized carbons (Fsp3) is 0.500. The smallest absolute Gasteiger partial charge is 0.319 e. The molecule has 1 saturated carbocycles. The zero-order valence-electron chi connectivity index (χ0n) is 12.5. The number of urea groups is 1. The van der Waals surface area contributed by atoms with Crippen LogP contribution < -0.4 is 10.6 Å². The number of carbonyl (C=O) groups is 1. The van der Waals surface area contributed by atoms with Gasteiger partial charge in [-0.05, 0) is 39.9 Å². The maximum atomic E-state index is 11.9. The Bertz CT molecular complexity index is 567. The lowest BCUT2D eigenvalue weighted by molar-refractivity contribution is -0.385. The molecule has 0 aliphatic heterocycles. The van der Waals surface area contributed by atoms with E-state index in [1.807, 2.05) is 14.1 Å². The molecule has 0 atom stereocenters. The summed E-state index contributed by atoms with van der Waals surface area (Å²) in [5, 5.41) is 16.4. The van der Waals surface area contributed by atoms with Crippen LogP contribution in [0.3, 0.4) is 0 Å². The van der Waals surface area contributed by atoms with Gasteiger partial charge in [-0.15, -0.1) is 0 Å². The van der Waals surface area contributed by atoms with Crippen molar-refractivity contribution >= 4 is 17.4 Å². The molecule has 7 nitrogen and oxygen atoms in total. The molecule has 7 heteroatoms. The zero-order chi connectivity index (χ0) is 15.6. The maximum absolute atomic E-state index is 11.9. The summed E-state index contributed by atoms with van der Waals surface area (Å²) in [6.07, 6.45) is 2.13. The molecule has 1 aliphatic carbocycles. The lowest BCUT2D eigenvalue weighted by Crippen LogP contribution is -2.43. The van der Waals surface area contributed by atoms with Crippen LogP contribution in [-0.2, 0) is 0 Å². The number of hydrogen-bond donors (Lipinski definition) is 2. The van der Waals surface area contributed by atoms with Crippen LogP contribution in [0.2, 0.25) is 0 Å². The Morgan fingerprint density at radius 2 is 2.10 bits per heavy atom. The molecule has 0 radical (unpaired) electrons. The number of rotatable bonds is 5. The summed E-state index contributed by atoms with van der Waals surface area (Å²) in [6.45, 7) is 2.19. The van der Waals surface area contributed by atoms with Gasteiger partial charge in [-0.25, -0.2) is 4.79 Å². The van der Waals surface area contributed by atoms with Gasteiger partial charge in [0.25, 0.3) is 5.69 Å². The van der Waals surface area contributed by atoms with Crippen LogP contribution in [0.25, 0.3) is 0 Å². The van der Waals surface area contributed by atoms with E-state index in [1.165, 1.54) is 6.07 Å². The standard InChI is InChI=1S/C14H20N4O3/c1-10-11(5-4-6-12(10)18(20)21)16-13(19)15-9-14(7-8-14)17(2)3/h4-6H,7-9H2,1-3H3,(H2,15,16,19). The van der Waals surface area contributed by atoms with E-state index in [1.54, 1.807) is 19.1 Å². The third-order valence-corrected chi connectivity index (χ3v) is 4.10. The van der Waals surface area contributed by atoms with Gasteiger partial charge in [0.2, 0.25) is 0 Å². The average molecular weight is 292 g/mol. The van der Waals surface area contributed by atoms with Gasteiger partial charge in [0.05, 0.1) is 16.2 Å². The van der Waals surface area contributed by atoms with Gasteiger partial charge in [-0.1, -0.05) is 6.07 Å². The third kappa shape index (κ3) is 3.30. The summed E-state index contributed by atoms with van der Waals surface area (Å²) in [7, 11) is 3.99. The van der Waals surface area contributed by atoms with Crippen LogP contribution in [0.1, 0.15) is 18.4 Å². The van der Waals surface area contributed by atoms with Crippen molar-refractivity contribution in [1.29, 1.82) is 0 Å². The topological polar surface area (TPSA) is 87.5 Å². The van der Waals surface area contributed by atoms with Crippen LogP contribution >= 0.6 is 0 Å². The molecule has 2 amide bonds. The first-order valence-electron chi connectivity index (χ1n) is 6.82. The van der Waals surface area contributed by atoms with E-state index in [0.717, 1.165) is 12.8 Å². The van der Waals surface area contributed by atoms with Gasteiger partial charge < -0.3 is 15.5 Å². The lowest BCUT2D eigenvalue weighted by atomic mass is 10.1. The van der Waals surface area contributed by atoms with E-state index in [-0.39, 0.29) is 17.3 Å². The number of carbonyl (C=O) groups excluding carboxylic acids is 1. The van der Waals surface area contributed by atoms with Crippen LogP contribution in [0.15, 0.2) is 18.2 Å². The minimum Gasteiger partial charge on any atom is -0.336 e. The number of benzene rings is 1. The number of nitro benzene ring substituents is 1. The fourth-order valence-electron chi connectivity index (χ4n) is 2.29. The Morgan fingerprint density at radius 3 is 2.62 bits per heavy atom. The number of likely N-dealkylation sites (N-methyl/N-ethyl adjacent to an activating group) is 1. The molecule has 2 rings (SSSR count). The molecule has 1 aromatic rings. The van der Waals surface area contributed by atoms with E-state index in [2.05, 4.69) is 15.5 Å². The van der Waals surface area contributed by atoms with E-state index < -0.39 is 4.92 Å². The second-order valence-corrected chi connectivity index (χ2v) is 5.63. The Balaban J connectivity index is 1.97. The molecule has 0 saturated heterocycles. The number of nitro groups is 1. The highest BCUT2D eigenvalue weighted by molar-refractivity contribution is 5.90. The maximum Gasteiger partial charge on any atom is 0.319 e. The predicted molar refractivity (Wildman–Crippen MR) is 80.5 cm³/mol. The van der Waals surface area contributed by atoms with Crippen molar-refractivity contribution in [2.75, 3.05) is 26.0 Å². The number of hydrogen-bond acceptors (Lipinski definition) is 4. The first-order valence-corrected chi connectivity index (χ1v) is 6.82. The van der Waals surface area contributed by atoms with Crippen molar-refractivity contribution in [3.8, 4) is 0 Å². The van der Waals surface area contributed by atoms with Gasteiger partial charge in [0, 0.05) is 18.2 Å². The SMILES string of the molecule is Cc1c(NC(=O)NCC2(N(C)C)CC2)cccc1[N+](=O)[O-]. The number of anilines is 1. The molecule has 0 spiro atoms. The van der Waals surface area contributed by atoms with E-state index in [4.69, 9.17) is 0 Å². The van der Waals surface area contributed by atoms with Crippen LogP contribution in [0.4, 0.5) is 16.2 Å². The van der Waals surface area contributed by atoms with E-state index in [0.29, 0.717) is 17.8 Å². The molecule has 0 bridgehead atoms. The lowest BCUT2D eigenvalue weighted by Gasteiger charge is -2.24. The second kappa shape index (κ2) is 5.69. The Hall–Kier alpha value is -2.15. The summed E-state index contributed by atoms with van der Waals surface area (Å²) in [4.78, 5) is 24.5. The van der Waals surface area contributed by atoms with E-state index >= 15 is 0 Å². The van der Waals surface area contributed by atoms with Crippen molar-refractivity contribution < 1.29 is 9.72 Å². The first-order chi connectivity index (χ1) is 9.85. The minimum absolute atomic E-state index is 0.000227. The van der Waals surface area contributed by atoms with Crippen molar-refractivity contribution in [2.24, 2.45) is 0 Å². The molecule has 1 aliphatic rings. The quantitative estimate of drug-likeness (QED) is 0.642. The van der Waals surface area contributed by atoms with Gasteiger partial charge in [0.15, 0.2) is 0 Å².